The van der Waals surface area contributed by atoms with Gasteiger partial charge < -0.3 is 5.32 Å². The summed E-state index contributed by atoms with van der Waals surface area (Å²) < 4.78 is 0. The van der Waals surface area contributed by atoms with Gasteiger partial charge in [0.15, 0.2) is 0 Å². The molecule has 0 radical (unpaired) electrons. The summed E-state index contributed by atoms with van der Waals surface area (Å²) in [5.41, 5.74) is 0.398. The Morgan fingerprint density at radius 3 is 2.47 bits per heavy atom. The molecule has 2 aliphatic rings. The zero-order chi connectivity index (χ0) is 12.5. The molecule has 2 fully saturated rings. The quantitative estimate of drug-likeness (QED) is 0.810. The predicted molar refractivity (Wildman–Crippen MR) is 74.2 cm³/mol. The third-order valence-corrected chi connectivity index (χ3v) is 4.51. The SMILES string of the molecule is CCC1CN(CCC2CC2)C(C(C)(C)C)CN1. The molecule has 0 amide bonds. The van der Waals surface area contributed by atoms with Gasteiger partial charge in [-0.05, 0) is 30.7 Å². The minimum absolute atomic E-state index is 0.398. The number of rotatable bonds is 4. The van der Waals surface area contributed by atoms with Gasteiger partial charge in [-0.2, -0.15) is 0 Å². The first-order valence-electron chi connectivity index (χ1n) is 7.48. The average Bonchev–Trinajstić information content (AvgIpc) is 3.08. The smallest absolute Gasteiger partial charge is 0.0269 e. The van der Waals surface area contributed by atoms with Crippen LogP contribution in [0.1, 0.15) is 53.4 Å². The summed E-state index contributed by atoms with van der Waals surface area (Å²) in [5.74, 6) is 1.06. The van der Waals surface area contributed by atoms with E-state index in [0.717, 1.165) is 5.92 Å². The van der Waals surface area contributed by atoms with E-state index in [-0.39, 0.29) is 0 Å². The van der Waals surface area contributed by atoms with Gasteiger partial charge in [0.25, 0.3) is 0 Å². The Morgan fingerprint density at radius 2 is 1.94 bits per heavy atom. The third-order valence-electron chi connectivity index (χ3n) is 4.51. The molecular weight excluding hydrogens is 208 g/mol. The van der Waals surface area contributed by atoms with Crippen molar-refractivity contribution in [2.45, 2.75) is 65.5 Å². The monoisotopic (exact) mass is 238 g/mol. The molecular formula is C15H30N2. The second-order valence-electron chi connectivity index (χ2n) is 7.12. The Bertz CT molecular complexity index is 240. The van der Waals surface area contributed by atoms with Crippen LogP contribution < -0.4 is 5.32 Å². The van der Waals surface area contributed by atoms with E-state index in [1.165, 1.54) is 45.3 Å². The van der Waals surface area contributed by atoms with Crippen LogP contribution in [0.5, 0.6) is 0 Å². The molecule has 1 saturated heterocycles. The molecule has 0 aromatic heterocycles. The summed E-state index contributed by atoms with van der Waals surface area (Å²) in [6.07, 6.45) is 5.67. The highest BCUT2D eigenvalue weighted by molar-refractivity contribution is 4.92. The highest BCUT2D eigenvalue weighted by Crippen LogP contribution is 2.34. The van der Waals surface area contributed by atoms with Gasteiger partial charge in [0.05, 0.1) is 0 Å². The van der Waals surface area contributed by atoms with Crippen LogP contribution in [0.3, 0.4) is 0 Å². The van der Waals surface area contributed by atoms with Crippen molar-refractivity contribution < 1.29 is 0 Å². The van der Waals surface area contributed by atoms with Gasteiger partial charge in [-0.1, -0.05) is 40.5 Å². The summed E-state index contributed by atoms with van der Waals surface area (Å²) >= 11 is 0. The number of piperazine rings is 1. The Balaban J connectivity index is 1.92. The van der Waals surface area contributed by atoms with Crippen LogP contribution in [0.4, 0.5) is 0 Å². The molecule has 0 spiro atoms. The van der Waals surface area contributed by atoms with Gasteiger partial charge in [-0.25, -0.2) is 0 Å². The van der Waals surface area contributed by atoms with Crippen LogP contribution in [0.2, 0.25) is 0 Å². The van der Waals surface area contributed by atoms with Crippen molar-refractivity contribution in [2.75, 3.05) is 19.6 Å². The summed E-state index contributed by atoms with van der Waals surface area (Å²) in [6.45, 7) is 13.2. The molecule has 1 aliphatic heterocycles. The van der Waals surface area contributed by atoms with Gasteiger partial charge in [-0.3, -0.25) is 4.90 Å². The van der Waals surface area contributed by atoms with Crippen LogP contribution in [-0.2, 0) is 0 Å². The Morgan fingerprint density at radius 1 is 1.24 bits per heavy atom. The average molecular weight is 238 g/mol. The molecule has 2 rings (SSSR count). The predicted octanol–water partition coefficient (Wildman–Crippen LogP) is 2.89. The minimum atomic E-state index is 0.398. The van der Waals surface area contributed by atoms with Gasteiger partial charge >= 0.3 is 0 Å². The fourth-order valence-corrected chi connectivity index (χ4v) is 3.01. The molecule has 2 heteroatoms. The van der Waals surface area contributed by atoms with Gasteiger partial charge in [0.1, 0.15) is 0 Å². The van der Waals surface area contributed by atoms with Crippen molar-refractivity contribution in [1.29, 1.82) is 0 Å². The van der Waals surface area contributed by atoms with Crippen LogP contribution in [0, 0.1) is 11.3 Å². The lowest BCUT2D eigenvalue weighted by Gasteiger charge is -2.46. The Labute approximate surface area is 107 Å². The second-order valence-corrected chi connectivity index (χ2v) is 7.12. The fraction of sp³-hybridized carbons (Fsp3) is 1.00. The normalized spacial score (nSPS) is 31.8. The maximum absolute atomic E-state index is 3.72. The van der Waals surface area contributed by atoms with Crippen LogP contribution in [0.25, 0.3) is 0 Å². The maximum atomic E-state index is 3.72. The van der Waals surface area contributed by atoms with Crippen molar-refractivity contribution in [2.24, 2.45) is 11.3 Å². The lowest BCUT2D eigenvalue weighted by atomic mass is 9.83. The number of nitrogens with zero attached hydrogens (tertiary/aromatic N) is 1. The number of hydrogen-bond acceptors (Lipinski definition) is 2. The summed E-state index contributed by atoms with van der Waals surface area (Å²) in [7, 11) is 0. The van der Waals surface area contributed by atoms with E-state index in [1.807, 2.05) is 0 Å². The maximum Gasteiger partial charge on any atom is 0.0269 e. The number of hydrogen-bond donors (Lipinski definition) is 1. The van der Waals surface area contributed by atoms with Crippen molar-refractivity contribution in [3.8, 4) is 0 Å². The lowest BCUT2D eigenvalue weighted by Crippen LogP contribution is -2.60. The molecule has 1 N–H and O–H groups in total. The van der Waals surface area contributed by atoms with Crippen molar-refractivity contribution in [1.82, 2.24) is 10.2 Å². The molecule has 1 saturated carbocycles. The summed E-state index contributed by atoms with van der Waals surface area (Å²) in [5, 5.41) is 3.72. The van der Waals surface area contributed by atoms with Crippen molar-refractivity contribution in [3.63, 3.8) is 0 Å². The fourth-order valence-electron chi connectivity index (χ4n) is 3.01. The Hall–Kier alpha value is -0.0800. The van der Waals surface area contributed by atoms with E-state index < -0.39 is 0 Å². The van der Waals surface area contributed by atoms with E-state index in [4.69, 9.17) is 0 Å². The molecule has 1 heterocycles. The highest BCUT2D eigenvalue weighted by atomic mass is 15.2. The van der Waals surface area contributed by atoms with E-state index in [1.54, 1.807) is 0 Å². The van der Waals surface area contributed by atoms with E-state index in [0.29, 0.717) is 17.5 Å². The van der Waals surface area contributed by atoms with Crippen molar-refractivity contribution >= 4 is 0 Å². The first-order chi connectivity index (χ1) is 8.00. The minimum Gasteiger partial charge on any atom is -0.311 e. The zero-order valence-electron chi connectivity index (χ0n) is 12.1. The largest absolute Gasteiger partial charge is 0.311 e. The molecule has 0 aromatic rings. The molecule has 1 aliphatic carbocycles. The second kappa shape index (κ2) is 5.27. The first kappa shape index (κ1) is 13.4. The molecule has 0 aromatic carbocycles. The molecule has 100 valence electrons. The van der Waals surface area contributed by atoms with Crippen LogP contribution in [-0.4, -0.2) is 36.6 Å². The molecule has 0 bridgehead atoms. The first-order valence-corrected chi connectivity index (χ1v) is 7.48. The van der Waals surface area contributed by atoms with E-state index in [2.05, 4.69) is 37.9 Å². The lowest BCUT2D eigenvalue weighted by molar-refractivity contribution is 0.0528. The number of nitrogens with one attached hydrogen (secondary N) is 1. The van der Waals surface area contributed by atoms with Gasteiger partial charge in [-0.15, -0.1) is 0 Å². The summed E-state index contributed by atoms with van der Waals surface area (Å²) in [4.78, 5) is 2.77. The zero-order valence-corrected chi connectivity index (χ0v) is 12.1. The molecule has 2 nitrogen and oxygen atoms in total. The van der Waals surface area contributed by atoms with Gasteiger partial charge in [0, 0.05) is 25.2 Å². The summed E-state index contributed by atoms with van der Waals surface area (Å²) in [6, 6.07) is 1.43. The molecule has 2 unspecified atom stereocenters. The van der Waals surface area contributed by atoms with E-state index >= 15 is 0 Å². The van der Waals surface area contributed by atoms with Crippen molar-refractivity contribution in [3.05, 3.63) is 0 Å². The third kappa shape index (κ3) is 3.69. The molecule has 2 atom stereocenters. The topological polar surface area (TPSA) is 15.3 Å². The van der Waals surface area contributed by atoms with Crippen LogP contribution >= 0.6 is 0 Å². The van der Waals surface area contributed by atoms with Gasteiger partial charge in [0.2, 0.25) is 0 Å². The van der Waals surface area contributed by atoms with Crippen LogP contribution in [0.15, 0.2) is 0 Å². The van der Waals surface area contributed by atoms with E-state index in [9.17, 15) is 0 Å². The Kier molecular flexibility index (Phi) is 4.14. The molecule has 17 heavy (non-hydrogen) atoms. The standard InChI is InChI=1S/C15H30N2/c1-5-13-11-17(9-8-12-6-7-12)14(10-16-13)15(2,3)4/h12-14,16H,5-11H2,1-4H3. The highest BCUT2D eigenvalue weighted by Gasteiger charge is 2.35.